The number of hydrogen-bond donors (Lipinski definition) is 2. The Morgan fingerprint density at radius 1 is 0.509 bits per heavy atom. The highest BCUT2D eigenvalue weighted by molar-refractivity contribution is 6.51. The van der Waals surface area contributed by atoms with E-state index in [9.17, 15) is 39.0 Å². The zero-order valence-corrected chi connectivity index (χ0v) is 31.2. The molecule has 0 amide bonds. The molecule has 55 heavy (non-hydrogen) atoms. The zero-order chi connectivity index (χ0) is 38.8. The molecule has 0 spiro atoms. The van der Waals surface area contributed by atoms with Crippen LogP contribution in [-0.4, -0.2) is 31.3 Å². The Balaban J connectivity index is 1.45. The third kappa shape index (κ3) is 4.79. The number of aromatic nitrogens is 2. The molecule has 0 radical (unpaired) electrons. The standard InChI is InChI=1S/C45H40N2O8/c1-5-6-7-8-9-10-11-21(4)19-47-41(49)29-15-23-13-26(44(52)53)24-16-30-34-28(40(48)46(42(30)50)18-20(2)3)14-22-12-27(45(54)55)25-17-31(43(47)51)35(29)39-33(23)36(24)38(34)32(22)37(25)39/h12-17,20-21H,5-11,18-19H2,1-4H3,(H,52,53)(H,54,55). The number of pyridine rings is 2. The van der Waals surface area contributed by atoms with Crippen molar-refractivity contribution in [3.8, 4) is 0 Å². The first-order chi connectivity index (χ1) is 26.3. The zero-order valence-electron chi connectivity index (χ0n) is 31.2. The van der Waals surface area contributed by atoms with Crippen molar-refractivity contribution in [2.75, 3.05) is 0 Å². The molecule has 1 atom stereocenters. The average molecular weight is 737 g/mol. The van der Waals surface area contributed by atoms with Crippen LogP contribution in [0, 0.1) is 11.8 Å². The van der Waals surface area contributed by atoms with Crippen molar-refractivity contribution in [3.63, 3.8) is 0 Å². The van der Waals surface area contributed by atoms with Crippen LogP contribution in [0.3, 0.4) is 0 Å². The Hall–Kier alpha value is -5.90. The van der Waals surface area contributed by atoms with Gasteiger partial charge in [0.25, 0.3) is 22.2 Å². The lowest BCUT2D eigenvalue weighted by molar-refractivity contribution is 0.0688. The minimum absolute atomic E-state index is 0.0247. The molecule has 9 rings (SSSR count). The van der Waals surface area contributed by atoms with Crippen molar-refractivity contribution < 1.29 is 19.8 Å². The highest BCUT2D eigenvalue weighted by Crippen LogP contribution is 2.52. The SMILES string of the molecule is CCCCCCCCC(C)Cn1c(=O)c2cc3cc(C(=O)O)c4cc5c(=O)n(CC(C)C)c(=O)c6cc7cc(C(=O)O)c8cc(c1=O)c2c1c3c4c(c65)c7c81. The van der Waals surface area contributed by atoms with E-state index in [1.807, 2.05) is 20.8 Å². The quantitative estimate of drug-likeness (QED) is 0.0678. The van der Waals surface area contributed by atoms with Gasteiger partial charge >= 0.3 is 11.9 Å². The van der Waals surface area contributed by atoms with E-state index in [4.69, 9.17) is 0 Å². The molecule has 2 aromatic heterocycles. The number of nitrogens with zero attached hydrogens (tertiary/aromatic N) is 2. The lowest BCUT2D eigenvalue weighted by Gasteiger charge is -2.25. The van der Waals surface area contributed by atoms with Crippen LogP contribution in [0.5, 0.6) is 0 Å². The Morgan fingerprint density at radius 2 is 0.927 bits per heavy atom. The molecule has 1 unspecified atom stereocenters. The second-order valence-corrected chi connectivity index (χ2v) is 16.2. The molecule has 0 fully saturated rings. The van der Waals surface area contributed by atoms with Gasteiger partial charge in [0.15, 0.2) is 0 Å². The Morgan fingerprint density at radius 3 is 1.36 bits per heavy atom. The molecule has 7 aromatic carbocycles. The van der Waals surface area contributed by atoms with E-state index in [1.165, 1.54) is 40.5 Å². The summed E-state index contributed by atoms with van der Waals surface area (Å²) in [6, 6.07) is 9.42. The summed E-state index contributed by atoms with van der Waals surface area (Å²) in [7, 11) is 0. The van der Waals surface area contributed by atoms with Crippen LogP contribution in [0.25, 0.3) is 86.2 Å². The fourth-order valence-corrected chi connectivity index (χ4v) is 9.66. The van der Waals surface area contributed by atoms with Crippen LogP contribution >= 0.6 is 0 Å². The van der Waals surface area contributed by atoms with Gasteiger partial charge in [0, 0.05) is 56.2 Å². The van der Waals surface area contributed by atoms with Gasteiger partial charge in [0.05, 0.1) is 11.1 Å². The van der Waals surface area contributed by atoms with Crippen molar-refractivity contribution >= 4 is 98.1 Å². The number of carboxylic acids is 2. The van der Waals surface area contributed by atoms with Gasteiger partial charge in [0.2, 0.25) is 0 Å². The normalized spacial score (nSPS) is 13.3. The summed E-state index contributed by atoms with van der Waals surface area (Å²) in [5, 5.41) is 27.5. The van der Waals surface area contributed by atoms with E-state index < -0.39 is 34.2 Å². The highest BCUT2D eigenvalue weighted by Gasteiger charge is 2.31. The maximum Gasteiger partial charge on any atom is 0.336 e. The first-order valence-electron chi connectivity index (χ1n) is 19.3. The summed E-state index contributed by atoms with van der Waals surface area (Å²) in [5.74, 6) is -2.48. The van der Waals surface area contributed by atoms with E-state index in [2.05, 4.69) is 6.92 Å². The van der Waals surface area contributed by atoms with Crippen LogP contribution < -0.4 is 22.2 Å². The molecule has 0 aliphatic rings. The third-order valence-corrected chi connectivity index (χ3v) is 12.0. The Labute approximate surface area is 312 Å². The molecule has 0 aliphatic heterocycles. The van der Waals surface area contributed by atoms with Crippen LogP contribution in [0.15, 0.2) is 55.6 Å². The number of carboxylic acid groups (broad SMARTS) is 2. The maximum atomic E-state index is 14.5. The summed E-state index contributed by atoms with van der Waals surface area (Å²) in [6.07, 6.45) is 7.60. The molecule has 0 aliphatic carbocycles. The van der Waals surface area contributed by atoms with Crippen molar-refractivity contribution in [3.05, 3.63) is 88.9 Å². The Kier molecular flexibility index (Phi) is 7.80. The largest absolute Gasteiger partial charge is 0.478 e. The number of benzene rings is 7. The minimum Gasteiger partial charge on any atom is -0.478 e. The number of carbonyl (C=O) groups is 2. The minimum atomic E-state index is -1.23. The third-order valence-electron chi connectivity index (χ3n) is 12.0. The number of hydrogen-bond acceptors (Lipinski definition) is 6. The summed E-state index contributed by atoms with van der Waals surface area (Å²) in [4.78, 5) is 83.5. The molecule has 9 aromatic rings. The Bertz CT molecular complexity index is 3280. The van der Waals surface area contributed by atoms with E-state index in [-0.39, 0.29) is 63.0 Å². The van der Waals surface area contributed by atoms with Crippen LogP contribution in [0.2, 0.25) is 0 Å². The van der Waals surface area contributed by atoms with E-state index in [0.717, 1.165) is 25.7 Å². The second-order valence-electron chi connectivity index (χ2n) is 16.2. The molecule has 10 nitrogen and oxygen atoms in total. The van der Waals surface area contributed by atoms with Gasteiger partial charge in [-0.15, -0.1) is 0 Å². The smallest absolute Gasteiger partial charge is 0.336 e. The summed E-state index contributed by atoms with van der Waals surface area (Å²) >= 11 is 0. The monoisotopic (exact) mass is 736 g/mol. The maximum absolute atomic E-state index is 14.5. The molecule has 2 heterocycles. The molecule has 0 saturated carbocycles. The molecular formula is C45H40N2O8. The fourth-order valence-electron chi connectivity index (χ4n) is 9.66. The molecule has 0 bridgehead atoms. The highest BCUT2D eigenvalue weighted by atomic mass is 16.4. The van der Waals surface area contributed by atoms with Gasteiger partial charge in [0.1, 0.15) is 0 Å². The van der Waals surface area contributed by atoms with Gasteiger partial charge < -0.3 is 10.2 Å². The van der Waals surface area contributed by atoms with E-state index in [0.29, 0.717) is 59.2 Å². The number of unbranched alkanes of at least 4 members (excludes halogenated alkanes) is 5. The lowest BCUT2D eigenvalue weighted by Crippen LogP contribution is -2.35. The van der Waals surface area contributed by atoms with Crippen molar-refractivity contribution in [2.45, 2.75) is 85.7 Å². The van der Waals surface area contributed by atoms with Gasteiger partial charge in [-0.2, -0.15) is 0 Å². The first kappa shape index (κ1) is 34.8. The van der Waals surface area contributed by atoms with Gasteiger partial charge in [-0.05, 0) is 97.7 Å². The van der Waals surface area contributed by atoms with Crippen molar-refractivity contribution in [2.24, 2.45) is 11.8 Å². The average Bonchev–Trinajstić information content (AvgIpc) is 3.15. The number of aromatic carboxylic acids is 2. The first-order valence-corrected chi connectivity index (χ1v) is 19.3. The topological polar surface area (TPSA) is 153 Å². The van der Waals surface area contributed by atoms with Crippen LogP contribution in [0.1, 0.15) is 93.4 Å². The van der Waals surface area contributed by atoms with Crippen molar-refractivity contribution in [1.82, 2.24) is 9.13 Å². The van der Waals surface area contributed by atoms with Gasteiger partial charge in [-0.1, -0.05) is 66.2 Å². The van der Waals surface area contributed by atoms with E-state index in [1.54, 1.807) is 24.3 Å². The molecule has 278 valence electrons. The molecular weight excluding hydrogens is 697 g/mol. The van der Waals surface area contributed by atoms with Crippen molar-refractivity contribution in [1.29, 1.82) is 0 Å². The molecule has 0 saturated heterocycles. The summed E-state index contributed by atoms with van der Waals surface area (Å²) < 4.78 is 2.44. The fraction of sp³-hybridized carbons (Fsp3) is 0.333. The van der Waals surface area contributed by atoms with Crippen LogP contribution in [-0.2, 0) is 13.1 Å². The lowest BCUT2D eigenvalue weighted by atomic mass is 9.78. The predicted octanol–water partition coefficient (Wildman–Crippen LogP) is 8.58. The summed E-state index contributed by atoms with van der Waals surface area (Å²) in [6.45, 7) is 8.32. The van der Waals surface area contributed by atoms with Gasteiger partial charge in [-0.25, -0.2) is 9.59 Å². The predicted molar refractivity (Wildman–Crippen MR) is 219 cm³/mol. The molecule has 2 N–H and O–H groups in total. The summed E-state index contributed by atoms with van der Waals surface area (Å²) in [5.41, 5.74) is -2.16. The number of rotatable bonds is 13. The van der Waals surface area contributed by atoms with Gasteiger partial charge in [-0.3, -0.25) is 28.3 Å². The van der Waals surface area contributed by atoms with E-state index >= 15 is 0 Å². The second kappa shape index (κ2) is 12.3. The molecule has 10 heteroatoms. The van der Waals surface area contributed by atoms with Crippen LogP contribution in [0.4, 0.5) is 0 Å².